The molecule has 0 aromatic carbocycles. The van der Waals surface area contributed by atoms with Crippen molar-refractivity contribution in [2.24, 2.45) is 0 Å². The minimum atomic E-state index is -1.70. The lowest BCUT2D eigenvalue weighted by atomic mass is 10.1. The van der Waals surface area contributed by atoms with Crippen LogP contribution in [0.1, 0.15) is 0 Å². The van der Waals surface area contributed by atoms with Crippen LogP contribution in [-0.4, -0.2) is 52.8 Å². The molecule has 16 heavy (non-hydrogen) atoms. The molecule has 0 fully saturated rings. The van der Waals surface area contributed by atoms with Gasteiger partial charge in [-0.3, -0.25) is 10.1 Å². The maximum atomic E-state index is 11.2. The van der Waals surface area contributed by atoms with Gasteiger partial charge in [0.2, 0.25) is 0 Å². The highest BCUT2D eigenvalue weighted by molar-refractivity contribution is 5.81. The Hall–Kier alpha value is -1.21. The fraction of sp³-hybridized carbons (Fsp3) is 0.500. The van der Waals surface area contributed by atoms with Crippen molar-refractivity contribution in [1.82, 2.24) is 10.6 Å². The van der Waals surface area contributed by atoms with Crippen LogP contribution in [-0.2, 0) is 4.79 Å². The number of amides is 1. The van der Waals surface area contributed by atoms with E-state index in [1.165, 1.54) is 12.2 Å². The van der Waals surface area contributed by atoms with Crippen molar-refractivity contribution >= 4 is 5.91 Å². The van der Waals surface area contributed by atoms with Crippen molar-refractivity contribution in [3.8, 4) is 0 Å². The van der Waals surface area contributed by atoms with Crippen molar-refractivity contribution in [2.75, 3.05) is 13.1 Å². The molecule has 6 heteroatoms. The van der Waals surface area contributed by atoms with Crippen molar-refractivity contribution in [1.29, 1.82) is 0 Å². The van der Waals surface area contributed by atoms with E-state index in [0.29, 0.717) is 0 Å². The van der Waals surface area contributed by atoms with E-state index in [9.17, 15) is 20.1 Å². The monoisotopic (exact) mass is 230 g/mol. The van der Waals surface area contributed by atoms with Crippen molar-refractivity contribution in [3.05, 3.63) is 25.3 Å². The van der Waals surface area contributed by atoms with Crippen LogP contribution in [0.2, 0.25) is 0 Å². The lowest BCUT2D eigenvalue weighted by molar-refractivity contribution is -0.141. The summed E-state index contributed by atoms with van der Waals surface area (Å²) >= 11 is 0. The van der Waals surface area contributed by atoms with E-state index in [4.69, 9.17) is 0 Å². The van der Waals surface area contributed by atoms with Gasteiger partial charge in [-0.2, -0.15) is 0 Å². The molecule has 0 radical (unpaired) electrons. The van der Waals surface area contributed by atoms with Crippen LogP contribution in [0.25, 0.3) is 0 Å². The molecule has 0 aliphatic carbocycles. The molecule has 1 amide bonds. The largest absolute Gasteiger partial charge is 0.386 e. The molecule has 0 heterocycles. The van der Waals surface area contributed by atoms with Crippen molar-refractivity contribution in [2.45, 2.75) is 18.4 Å². The van der Waals surface area contributed by atoms with Crippen LogP contribution in [0.4, 0.5) is 0 Å². The number of nitrogens with one attached hydrogen (secondary N) is 2. The average Bonchev–Trinajstić information content (AvgIpc) is 2.30. The molecule has 0 saturated carbocycles. The zero-order chi connectivity index (χ0) is 12.6. The quantitative estimate of drug-likeness (QED) is 0.248. The molecule has 0 rings (SSSR count). The lowest BCUT2D eigenvalue weighted by Gasteiger charge is -2.22. The van der Waals surface area contributed by atoms with Crippen LogP contribution >= 0.6 is 0 Å². The van der Waals surface area contributed by atoms with E-state index in [1.807, 2.05) is 0 Å². The van der Waals surface area contributed by atoms with E-state index in [2.05, 4.69) is 23.8 Å². The summed E-state index contributed by atoms with van der Waals surface area (Å²) in [6, 6.07) is 0. The van der Waals surface area contributed by atoms with Gasteiger partial charge in [-0.25, -0.2) is 0 Å². The van der Waals surface area contributed by atoms with Crippen molar-refractivity contribution in [3.63, 3.8) is 0 Å². The highest BCUT2D eigenvalue weighted by Crippen LogP contribution is 1.98. The summed E-state index contributed by atoms with van der Waals surface area (Å²) in [4.78, 5) is 11.2. The summed E-state index contributed by atoms with van der Waals surface area (Å²) in [5.41, 5.74) is 0. The molecule has 0 aromatic heterocycles. The SMILES string of the molecule is C=CCNC(=O)C(O)C(O)C(O)NCC=C. The van der Waals surface area contributed by atoms with Gasteiger partial charge < -0.3 is 20.6 Å². The molecule has 6 nitrogen and oxygen atoms in total. The molecule has 0 saturated heterocycles. The van der Waals surface area contributed by atoms with E-state index in [-0.39, 0.29) is 13.1 Å². The summed E-state index contributed by atoms with van der Waals surface area (Å²) in [6.45, 7) is 7.21. The topological polar surface area (TPSA) is 102 Å². The fourth-order valence-corrected chi connectivity index (χ4v) is 0.930. The molecule has 92 valence electrons. The van der Waals surface area contributed by atoms with Gasteiger partial charge in [0, 0.05) is 13.1 Å². The van der Waals surface area contributed by atoms with Gasteiger partial charge in [-0.05, 0) is 0 Å². The normalized spacial score (nSPS) is 15.9. The molecule has 0 aliphatic rings. The summed E-state index contributed by atoms with van der Waals surface area (Å²) in [5, 5.41) is 32.8. The van der Waals surface area contributed by atoms with E-state index in [0.717, 1.165) is 0 Å². The molecule has 5 N–H and O–H groups in total. The summed E-state index contributed by atoms with van der Waals surface area (Å²) in [6.07, 6.45) is -1.80. The Bertz CT molecular complexity index is 245. The molecule has 0 spiro atoms. The zero-order valence-electron chi connectivity index (χ0n) is 8.97. The first-order valence-corrected chi connectivity index (χ1v) is 4.81. The van der Waals surface area contributed by atoms with E-state index < -0.39 is 24.3 Å². The van der Waals surface area contributed by atoms with Gasteiger partial charge >= 0.3 is 0 Å². The van der Waals surface area contributed by atoms with Gasteiger partial charge in [-0.15, -0.1) is 13.2 Å². The maximum absolute atomic E-state index is 11.2. The van der Waals surface area contributed by atoms with Crippen LogP contribution in [0, 0.1) is 0 Å². The third-order valence-electron chi connectivity index (χ3n) is 1.81. The van der Waals surface area contributed by atoms with Crippen LogP contribution in [0.15, 0.2) is 25.3 Å². The Morgan fingerprint density at radius 3 is 2.25 bits per heavy atom. The second-order valence-corrected chi connectivity index (χ2v) is 3.11. The number of carbonyl (C=O) groups is 1. The number of carbonyl (C=O) groups excluding carboxylic acids is 1. The Morgan fingerprint density at radius 1 is 1.19 bits per heavy atom. The zero-order valence-corrected chi connectivity index (χ0v) is 8.97. The summed E-state index contributed by atoms with van der Waals surface area (Å²) in [7, 11) is 0. The predicted octanol–water partition coefficient (Wildman–Crippen LogP) is -1.90. The summed E-state index contributed by atoms with van der Waals surface area (Å²) in [5.74, 6) is -0.771. The van der Waals surface area contributed by atoms with Gasteiger partial charge in [0.1, 0.15) is 12.3 Å². The number of hydrogen-bond donors (Lipinski definition) is 5. The fourth-order valence-electron chi connectivity index (χ4n) is 0.930. The molecule has 0 aliphatic heterocycles. The smallest absolute Gasteiger partial charge is 0.251 e. The Kier molecular flexibility index (Phi) is 7.40. The molecular formula is C10H18N2O4. The minimum Gasteiger partial charge on any atom is -0.386 e. The highest BCUT2D eigenvalue weighted by atomic mass is 16.4. The molecule has 3 atom stereocenters. The number of aliphatic hydroxyl groups is 3. The second kappa shape index (κ2) is 8.00. The Balaban J connectivity index is 4.13. The van der Waals surface area contributed by atoms with Gasteiger partial charge in [0.15, 0.2) is 6.10 Å². The van der Waals surface area contributed by atoms with Crippen LogP contribution in [0.3, 0.4) is 0 Å². The number of aliphatic hydroxyl groups excluding tert-OH is 3. The molecule has 0 bridgehead atoms. The number of rotatable bonds is 8. The molecular weight excluding hydrogens is 212 g/mol. The highest BCUT2D eigenvalue weighted by Gasteiger charge is 2.29. The maximum Gasteiger partial charge on any atom is 0.251 e. The van der Waals surface area contributed by atoms with Crippen molar-refractivity contribution < 1.29 is 20.1 Å². The second-order valence-electron chi connectivity index (χ2n) is 3.11. The first-order valence-electron chi connectivity index (χ1n) is 4.81. The summed E-state index contributed by atoms with van der Waals surface area (Å²) < 4.78 is 0. The predicted molar refractivity (Wildman–Crippen MR) is 59.4 cm³/mol. The Morgan fingerprint density at radius 2 is 1.75 bits per heavy atom. The molecule has 3 unspecified atom stereocenters. The van der Waals surface area contributed by atoms with Gasteiger partial charge in [-0.1, -0.05) is 12.2 Å². The van der Waals surface area contributed by atoms with Crippen LogP contribution in [0.5, 0.6) is 0 Å². The number of hydrogen-bond acceptors (Lipinski definition) is 5. The third kappa shape index (κ3) is 5.04. The Labute approximate surface area is 94.3 Å². The van der Waals surface area contributed by atoms with E-state index in [1.54, 1.807) is 0 Å². The van der Waals surface area contributed by atoms with Gasteiger partial charge in [0.05, 0.1) is 0 Å². The first kappa shape index (κ1) is 14.8. The third-order valence-corrected chi connectivity index (χ3v) is 1.81. The lowest BCUT2D eigenvalue weighted by Crippen LogP contribution is -2.52. The standard InChI is InChI=1S/C10H18N2O4/c1-3-5-11-9(15)7(13)8(14)10(16)12-6-4-2/h3-4,7-9,11,13-15H,1-2,5-6H2,(H,12,16). The first-order chi connectivity index (χ1) is 7.54. The molecule has 0 aromatic rings. The van der Waals surface area contributed by atoms with E-state index >= 15 is 0 Å². The van der Waals surface area contributed by atoms with Crippen LogP contribution < -0.4 is 10.6 Å². The van der Waals surface area contributed by atoms with Gasteiger partial charge in [0.25, 0.3) is 5.91 Å². The average molecular weight is 230 g/mol. The minimum absolute atomic E-state index is 0.179.